The third-order valence-electron chi connectivity index (χ3n) is 2.31. The Morgan fingerprint density at radius 2 is 2.06 bits per heavy atom. The lowest BCUT2D eigenvalue weighted by molar-refractivity contribution is 0.478. The Kier molecular flexibility index (Phi) is 3.08. The summed E-state index contributed by atoms with van der Waals surface area (Å²) in [5, 5.41) is 27.5. The molecule has 0 saturated heterocycles. The maximum Gasteiger partial charge on any atom is 0.165 e. The molecule has 7 heteroatoms. The molecule has 0 saturated carbocycles. The molecule has 0 unspecified atom stereocenters. The molecule has 2 rings (SSSR count). The number of pyridine rings is 1. The Morgan fingerprint density at radius 3 is 2.61 bits per heavy atom. The van der Waals surface area contributed by atoms with Gasteiger partial charge in [-0.15, -0.1) is 0 Å². The lowest BCUT2D eigenvalue weighted by Gasteiger charge is -2.07. The second kappa shape index (κ2) is 4.41. The van der Waals surface area contributed by atoms with Gasteiger partial charge in [0.15, 0.2) is 11.5 Å². The van der Waals surface area contributed by atoms with Crippen LogP contribution in [0.2, 0.25) is 5.02 Å². The zero-order chi connectivity index (χ0) is 13.4. The van der Waals surface area contributed by atoms with Crippen LogP contribution < -0.4 is 0 Å². The minimum atomic E-state index is -0.797. The van der Waals surface area contributed by atoms with Crippen molar-refractivity contribution >= 4 is 38.4 Å². The Hall–Kier alpha value is -1.89. The number of nitrogens with zero attached hydrogens (tertiary/aromatic N) is 3. The second-order valence-electron chi connectivity index (χ2n) is 3.29. The summed E-state index contributed by atoms with van der Waals surface area (Å²) in [6.07, 6.45) is 0. The molecule has 0 bridgehead atoms. The first-order chi connectivity index (χ1) is 8.51. The number of rotatable bonds is 0. The van der Waals surface area contributed by atoms with Gasteiger partial charge in [0.25, 0.3) is 0 Å². The van der Waals surface area contributed by atoms with Gasteiger partial charge in [-0.2, -0.15) is 10.5 Å². The van der Waals surface area contributed by atoms with E-state index in [1.165, 1.54) is 6.07 Å². The highest BCUT2D eigenvalue weighted by atomic mass is 79.9. The Balaban J connectivity index is 3.07. The largest absolute Gasteiger partial charge is 0.506 e. The van der Waals surface area contributed by atoms with Gasteiger partial charge in [0.1, 0.15) is 29.0 Å². The van der Waals surface area contributed by atoms with Crippen molar-refractivity contribution in [3.8, 4) is 17.9 Å². The summed E-state index contributed by atoms with van der Waals surface area (Å²) in [6, 6.07) is 4.55. The molecule has 1 N–H and O–H groups in total. The molecule has 0 atom stereocenters. The predicted octanol–water partition coefficient (Wildman–Crippen LogP) is 3.24. The first kappa shape index (κ1) is 12.6. The molecule has 0 radical (unpaired) electrons. The van der Waals surface area contributed by atoms with E-state index in [9.17, 15) is 9.50 Å². The molecule has 18 heavy (non-hydrogen) atoms. The molecule has 0 spiro atoms. The fraction of sp³-hybridized carbons (Fsp3) is 0. The maximum atomic E-state index is 13.9. The van der Waals surface area contributed by atoms with Gasteiger partial charge in [0.2, 0.25) is 0 Å². The summed E-state index contributed by atoms with van der Waals surface area (Å²) in [7, 11) is 0. The standard InChI is InChI=1S/C11H2BrClFN3O/c12-8-6(13)1-4-10(9(8)14)17-7(3-16)5(2-15)11(4)18/h1H,(H,17,18). The summed E-state index contributed by atoms with van der Waals surface area (Å²) in [5.74, 6) is -1.30. The van der Waals surface area contributed by atoms with Crippen LogP contribution in [0.15, 0.2) is 10.5 Å². The molecule has 0 aliphatic rings. The maximum absolute atomic E-state index is 13.9. The van der Waals surface area contributed by atoms with E-state index in [-0.39, 0.29) is 31.7 Å². The van der Waals surface area contributed by atoms with Crippen LogP contribution in [-0.4, -0.2) is 10.1 Å². The number of aromatic nitrogens is 1. The molecule has 0 aliphatic heterocycles. The highest BCUT2D eigenvalue weighted by molar-refractivity contribution is 9.10. The van der Waals surface area contributed by atoms with E-state index in [2.05, 4.69) is 20.9 Å². The van der Waals surface area contributed by atoms with Gasteiger partial charge >= 0.3 is 0 Å². The summed E-state index contributed by atoms with van der Waals surface area (Å²) < 4.78 is 13.9. The summed E-state index contributed by atoms with van der Waals surface area (Å²) in [5.41, 5.74) is -0.863. The van der Waals surface area contributed by atoms with Crippen molar-refractivity contribution in [2.75, 3.05) is 0 Å². The van der Waals surface area contributed by atoms with Crippen molar-refractivity contribution in [3.05, 3.63) is 32.6 Å². The van der Waals surface area contributed by atoms with Crippen molar-refractivity contribution in [1.82, 2.24) is 4.98 Å². The van der Waals surface area contributed by atoms with Gasteiger partial charge < -0.3 is 5.11 Å². The van der Waals surface area contributed by atoms with Gasteiger partial charge in [-0.25, -0.2) is 9.37 Å². The first-order valence-corrected chi connectivity index (χ1v) is 5.68. The van der Waals surface area contributed by atoms with E-state index >= 15 is 0 Å². The molecule has 1 aromatic heterocycles. The van der Waals surface area contributed by atoms with Crippen LogP contribution in [-0.2, 0) is 0 Å². The van der Waals surface area contributed by atoms with E-state index in [0.717, 1.165) is 0 Å². The van der Waals surface area contributed by atoms with Crippen LogP contribution in [0.1, 0.15) is 11.3 Å². The lowest BCUT2D eigenvalue weighted by atomic mass is 10.1. The van der Waals surface area contributed by atoms with Crippen molar-refractivity contribution in [1.29, 1.82) is 10.5 Å². The fourth-order valence-corrected chi connectivity index (χ4v) is 1.97. The number of fused-ring (bicyclic) bond motifs is 1. The first-order valence-electron chi connectivity index (χ1n) is 4.51. The normalized spacial score (nSPS) is 10.1. The average molecular weight is 327 g/mol. The zero-order valence-corrected chi connectivity index (χ0v) is 10.8. The van der Waals surface area contributed by atoms with Crippen molar-refractivity contribution in [2.45, 2.75) is 0 Å². The minimum Gasteiger partial charge on any atom is -0.506 e. The van der Waals surface area contributed by atoms with Gasteiger partial charge in [0, 0.05) is 5.39 Å². The number of halogens is 3. The number of aromatic hydroxyl groups is 1. The third kappa shape index (κ3) is 1.67. The SMILES string of the molecule is N#Cc1nc2c(F)c(Br)c(Cl)cc2c(O)c1C#N. The van der Waals surface area contributed by atoms with E-state index in [1.807, 2.05) is 0 Å². The van der Waals surface area contributed by atoms with E-state index in [4.69, 9.17) is 22.1 Å². The van der Waals surface area contributed by atoms with Crippen LogP contribution in [0.4, 0.5) is 4.39 Å². The number of benzene rings is 1. The highest BCUT2D eigenvalue weighted by Crippen LogP contribution is 2.37. The topological polar surface area (TPSA) is 80.7 Å². The van der Waals surface area contributed by atoms with Crippen LogP contribution in [0, 0.1) is 28.5 Å². The van der Waals surface area contributed by atoms with E-state index < -0.39 is 11.6 Å². The fourth-order valence-electron chi connectivity index (χ4n) is 1.48. The molecule has 1 aromatic carbocycles. The monoisotopic (exact) mass is 325 g/mol. The molecule has 2 aromatic rings. The molecule has 4 nitrogen and oxygen atoms in total. The van der Waals surface area contributed by atoms with Crippen molar-refractivity contribution in [2.24, 2.45) is 0 Å². The number of nitriles is 2. The number of hydrogen-bond donors (Lipinski definition) is 1. The molecular weight excluding hydrogens is 324 g/mol. The van der Waals surface area contributed by atoms with Crippen LogP contribution >= 0.6 is 27.5 Å². The quantitative estimate of drug-likeness (QED) is 0.754. The van der Waals surface area contributed by atoms with Gasteiger partial charge in [-0.3, -0.25) is 0 Å². The number of hydrogen-bond acceptors (Lipinski definition) is 4. The van der Waals surface area contributed by atoms with Crippen LogP contribution in [0.25, 0.3) is 10.9 Å². The van der Waals surface area contributed by atoms with Crippen molar-refractivity contribution in [3.63, 3.8) is 0 Å². The predicted molar refractivity (Wildman–Crippen MR) is 65.5 cm³/mol. The second-order valence-corrected chi connectivity index (χ2v) is 4.49. The summed E-state index contributed by atoms with van der Waals surface area (Å²) in [4.78, 5) is 3.72. The molecule has 0 fully saturated rings. The molecular formula is C11H2BrClFN3O. The Bertz CT molecular complexity index is 764. The lowest BCUT2D eigenvalue weighted by Crippen LogP contribution is -1.95. The van der Waals surface area contributed by atoms with E-state index in [0.29, 0.717) is 0 Å². The summed E-state index contributed by atoms with van der Waals surface area (Å²) in [6.45, 7) is 0. The van der Waals surface area contributed by atoms with Gasteiger partial charge in [-0.05, 0) is 22.0 Å². The average Bonchev–Trinajstić information content (AvgIpc) is 2.37. The molecule has 0 aliphatic carbocycles. The molecule has 1 heterocycles. The van der Waals surface area contributed by atoms with Crippen LogP contribution in [0.3, 0.4) is 0 Å². The minimum absolute atomic E-state index is 0.0165. The van der Waals surface area contributed by atoms with Gasteiger partial charge in [-0.1, -0.05) is 11.6 Å². The summed E-state index contributed by atoms with van der Waals surface area (Å²) >= 11 is 8.69. The van der Waals surface area contributed by atoms with Crippen LogP contribution in [0.5, 0.6) is 5.75 Å². The third-order valence-corrected chi connectivity index (χ3v) is 3.61. The zero-order valence-electron chi connectivity index (χ0n) is 8.50. The molecule has 0 amide bonds. The van der Waals surface area contributed by atoms with Crippen molar-refractivity contribution < 1.29 is 9.50 Å². The van der Waals surface area contributed by atoms with Gasteiger partial charge in [0.05, 0.1) is 9.50 Å². The highest BCUT2D eigenvalue weighted by Gasteiger charge is 2.19. The Morgan fingerprint density at radius 1 is 1.39 bits per heavy atom. The Labute approximate surface area is 114 Å². The smallest absolute Gasteiger partial charge is 0.165 e. The molecule has 88 valence electrons. The van der Waals surface area contributed by atoms with E-state index in [1.54, 1.807) is 12.1 Å².